The molecule has 114 valence electrons. The molecule has 1 saturated carbocycles. The van der Waals surface area contributed by atoms with Crippen molar-refractivity contribution < 1.29 is 24.6 Å². The second kappa shape index (κ2) is 6.72. The van der Waals surface area contributed by atoms with Crippen molar-refractivity contribution in [2.24, 2.45) is 11.3 Å². The third kappa shape index (κ3) is 4.21. The molecule has 6 heteroatoms. The van der Waals surface area contributed by atoms with Crippen molar-refractivity contribution >= 4 is 17.8 Å². The van der Waals surface area contributed by atoms with E-state index in [-0.39, 0.29) is 12.3 Å². The Hall–Kier alpha value is -1.59. The van der Waals surface area contributed by atoms with E-state index >= 15 is 0 Å². The van der Waals surface area contributed by atoms with Crippen LogP contribution in [0.3, 0.4) is 0 Å². The quantitative estimate of drug-likeness (QED) is 0.659. The molecule has 6 nitrogen and oxygen atoms in total. The van der Waals surface area contributed by atoms with Crippen molar-refractivity contribution in [3.05, 3.63) is 0 Å². The summed E-state index contributed by atoms with van der Waals surface area (Å²) in [7, 11) is 0. The Morgan fingerprint density at radius 1 is 1.15 bits per heavy atom. The first-order valence-electron chi connectivity index (χ1n) is 7.02. The molecule has 0 aromatic rings. The van der Waals surface area contributed by atoms with E-state index in [1.54, 1.807) is 0 Å². The molecule has 1 amide bonds. The maximum absolute atomic E-state index is 12.0. The molecule has 0 aromatic carbocycles. The van der Waals surface area contributed by atoms with Gasteiger partial charge < -0.3 is 15.5 Å². The number of rotatable bonds is 7. The number of aliphatic carboxylic acids is 2. The van der Waals surface area contributed by atoms with E-state index in [0.717, 1.165) is 12.8 Å². The van der Waals surface area contributed by atoms with Gasteiger partial charge in [-0.2, -0.15) is 0 Å². The average molecular weight is 285 g/mol. The minimum absolute atomic E-state index is 0.135. The van der Waals surface area contributed by atoms with Crippen LogP contribution in [-0.4, -0.2) is 34.1 Å². The summed E-state index contributed by atoms with van der Waals surface area (Å²) in [4.78, 5) is 34.4. The van der Waals surface area contributed by atoms with E-state index in [1.807, 2.05) is 13.8 Å². The van der Waals surface area contributed by atoms with Crippen LogP contribution >= 0.6 is 0 Å². The Morgan fingerprint density at radius 2 is 1.70 bits per heavy atom. The summed E-state index contributed by atoms with van der Waals surface area (Å²) >= 11 is 0. The Labute approximate surface area is 118 Å². The molecule has 0 aliphatic heterocycles. The Morgan fingerprint density at radius 3 is 2.10 bits per heavy atom. The van der Waals surface area contributed by atoms with E-state index in [9.17, 15) is 19.5 Å². The molecule has 0 radical (unpaired) electrons. The minimum Gasteiger partial charge on any atom is -0.481 e. The molecular weight excluding hydrogens is 262 g/mol. The van der Waals surface area contributed by atoms with Crippen molar-refractivity contribution in [3.8, 4) is 0 Å². The summed E-state index contributed by atoms with van der Waals surface area (Å²) in [5, 5.41) is 20.8. The van der Waals surface area contributed by atoms with Gasteiger partial charge >= 0.3 is 11.9 Å². The molecule has 0 bridgehead atoms. The topological polar surface area (TPSA) is 104 Å². The maximum atomic E-state index is 12.0. The van der Waals surface area contributed by atoms with Crippen LogP contribution in [-0.2, 0) is 14.4 Å². The number of carboxylic acid groups (broad SMARTS) is 2. The zero-order valence-electron chi connectivity index (χ0n) is 12.0. The van der Waals surface area contributed by atoms with Crippen LogP contribution in [0, 0.1) is 11.3 Å². The molecule has 0 aromatic heterocycles. The Bertz CT molecular complexity index is 385. The largest absolute Gasteiger partial charge is 0.481 e. The fraction of sp³-hybridized carbons (Fsp3) is 0.786. The molecule has 1 aliphatic rings. The standard InChI is InChI=1S/C14H23NO5/c1-9(2)7-10(12(17)18)15-11(16)8-14(13(19)20)5-3-4-6-14/h9-10H,3-8H2,1-2H3,(H,15,16)(H,17,18)(H,19,20). The average Bonchev–Trinajstić information content (AvgIpc) is 2.77. The highest BCUT2D eigenvalue weighted by molar-refractivity contribution is 5.88. The second-order valence-corrected chi connectivity index (χ2v) is 6.06. The van der Waals surface area contributed by atoms with Gasteiger partial charge in [0, 0.05) is 6.42 Å². The Balaban J connectivity index is 2.65. The smallest absolute Gasteiger partial charge is 0.326 e. The zero-order chi connectivity index (χ0) is 15.3. The third-order valence-corrected chi connectivity index (χ3v) is 3.85. The van der Waals surface area contributed by atoms with Crippen LogP contribution in [0.15, 0.2) is 0 Å². The molecule has 0 saturated heterocycles. The van der Waals surface area contributed by atoms with Crippen molar-refractivity contribution in [3.63, 3.8) is 0 Å². The molecule has 1 unspecified atom stereocenters. The molecule has 0 heterocycles. The predicted molar refractivity (Wildman–Crippen MR) is 72.2 cm³/mol. The van der Waals surface area contributed by atoms with Crippen molar-refractivity contribution in [2.45, 2.75) is 58.4 Å². The maximum Gasteiger partial charge on any atom is 0.326 e. The molecule has 3 N–H and O–H groups in total. The molecule has 1 atom stereocenters. The van der Waals surface area contributed by atoms with Gasteiger partial charge in [0.2, 0.25) is 5.91 Å². The SMILES string of the molecule is CC(C)CC(NC(=O)CC1(C(=O)O)CCCC1)C(=O)O. The van der Waals surface area contributed by atoms with E-state index in [4.69, 9.17) is 5.11 Å². The second-order valence-electron chi connectivity index (χ2n) is 6.06. The molecule has 0 spiro atoms. The van der Waals surface area contributed by atoms with Crippen molar-refractivity contribution in [2.75, 3.05) is 0 Å². The molecule has 1 rings (SSSR count). The molecule has 1 fully saturated rings. The van der Waals surface area contributed by atoms with Gasteiger partial charge in [-0.25, -0.2) is 4.79 Å². The number of hydrogen-bond donors (Lipinski definition) is 3. The highest BCUT2D eigenvalue weighted by Gasteiger charge is 2.43. The van der Waals surface area contributed by atoms with Gasteiger partial charge in [0.1, 0.15) is 6.04 Å². The van der Waals surface area contributed by atoms with E-state index in [1.165, 1.54) is 0 Å². The summed E-state index contributed by atoms with van der Waals surface area (Å²) in [5.41, 5.74) is -1.01. The fourth-order valence-corrected chi connectivity index (χ4v) is 2.76. The van der Waals surface area contributed by atoms with Gasteiger partial charge in [-0.15, -0.1) is 0 Å². The van der Waals surface area contributed by atoms with Crippen LogP contribution in [0.5, 0.6) is 0 Å². The highest BCUT2D eigenvalue weighted by Crippen LogP contribution is 2.41. The van der Waals surface area contributed by atoms with Crippen LogP contribution in [0.2, 0.25) is 0 Å². The number of nitrogens with one attached hydrogen (secondary N) is 1. The lowest BCUT2D eigenvalue weighted by atomic mass is 9.82. The van der Waals surface area contributed by atoms with E-state index in [2.05, 4.69) is 5.32 Å². The van der Waals surface area contributed by atoms with Gasteiger partial charge in [0.05, 0.1) is 5.41 Å². The lowest BCUT2D eigenvalue weighted by Crippen LogP contribution is -2.44. The van der Waals surface area contributed by atoms with E-state index < -0.39 is 29.3 Å². The van der Waals surface area contributed by atoms with Crippen LogP contribution in [0.25, 0.3) is 0 Å². The predicted octanol–water partition coefficient (Wildman–Crippen LogP) is 1.64. The summed E-state index contributed by atoms with van der Waals surface area (Å²) in [5.74, 6) is -2.39. The lowest BCUT2D eigenvalue weighted by Gasteiger charge is -2.24. The number of hydrogen-bond acceptors (Lipinski definition) is 3. The third-order valence-electron chi connectivity index (χ3n) is 3.85. The first-order chi connectivity index (χ1) is 9.27. The lowest BCUT2D eigenvalue weighted by molar-refractivity contribution is -0.152. The Kier molecular flexibility index (Phi) is 5.53. The number of carbonyl (C=O) groups excluding carboxylic acids is 1. The van der Waals surface area contributed by atoms with Crippen molar-refractivity contribution in [1.82, 2.24) is 5.32 Å². The van der Waals surface area contributed by atoms with Crippen LogP contribution < -0.4 is 5.32 Å². The van der Waals surface area contributed by atoms with Gasteiger partial charge in [-0.1, -0.05) is 26.7 Å². The van der Waals surface area contributed by atoms with Gasteiger partial charge in [0.25, 0.3) is 0 Å². The van der Waals surface area contributed by atoms with Crippen LogP contribution in [0.1, 0.15) is 52.4 Å². The highest BCUT2D eigenvalue weighted by atomic mass is 16.4. The summed E-state index contributed by atoms with van der Waals surface area (Å²) < 4.78 is 0. The minimum atomic E-state index is -1.08. The zero-order valence-corrected chi connectivity index (χ0v) is 12.0. The van der Waals surface area contributed by atoms with Crippen LogP contribution in [0.4, 0.5) is 0 Å². The number of carboxylic acids is 2. The summed E-state index contributed by atoms with van der Waals surface area (Å²) in [6.07, 6.45) is 2.77. The summed E-state index contributed by atoms with van der Waals surface area (Å²) in [6.45, 7) is 3.75. The van der Waals surface area contributed by atoms with Gasteiger partial charge in [-0.3, -0.25) is 9.59 Å². The van der Waals surface area contributed by atoms with Crippen molar-refractivity contribution in [1.29, 1.82) is 0 Å². The fourth-order valence-electron chi connectivity index (χ4n) is 2.76. The normalized spacial score (nSPS) is 18.8. The first kappa shape index (κ1) is 16.5. The van der Waals surface area contributed by atoms with Gasteiger partial charge in [0.15, 0.2) is 0 Å². The monoisotopic (exact) mass is 285 g/mol. The van der Waals surface area contributed by atoms with E-state index in [0.29, 0.717) is 19.3 Å². The molecule has 1 aliphatic carbocycles. The van der Waals surface area contributed by atoms with Gasteiger partial charge in [-0.05, 0) is 25.2 Å². The first-order valence-corrected chi connectivity index (χ1v) is 7.02. The number of carbonyl (C=O) groups is 3. The molecule has 20 heavy (non-hydrogen) atoms. The summed E-state index contributed by atoms with van der Waals surface area (Å²) in [6, 6.07) is -0.949. The molecular formula is C14H23NO5. The number of amides is 1.